The fourth-order valence-electron chi connectivity index (χ4n) is 1.60. The highest BCUT2D eigenvalue weighted by Crippen LogP contribution is 2.34. The van der Waals surface area contributed by atoms with Crippen LogP contribution in [0.15, 0.2) is 18.2 Å². The van der Waals surface area contributed by atoms with Crippen molar-refractivity contribution in [3.8, 4) is 11.5 Å². The van der Waals surface area contributed by atoms with Gasteiger partial charge in [0.1, 0.15) is 0 Å². The van der Waals surface area contributed by atoms with Crippen molar-refractivity contribution in [1.29, 1.82) is 0 Å². The van der Waals surface area contributed by atoms with E-state index in [9.17, 15) is 4.79 Å². The summed E-state index contributed by atoms with van der Waals surface area (Å²) in [6.45, 7) is 0. The minimum Gasteiger partial charge on any atom is -0.493 e. The Bertz CT molecular complexity index is 502. The van der Waals surface area contributed by atoms with E-state index in [-0.39, 0.29) is 0 Å². The third kappa shape index (κ3) is 1.44. The molecule has 0 fully saturated rings. The quantitative estimate of drug-likeness (QED) is 0.779. The van der Waals surface area contributed by atoms with Crippen LogP contribution in [-0.2, 0) is 0 Å². The Morgan fingerprint density at radius 2 is 2.07 bits per heavy atom. The summed E-state index contributed by atoms with van der Waals surface area (Å²) < 4.78 is 10.4. The average molecular weight is 205 g/mol. The second-order valence-electron chi connectivity index (χ2n) is 3.11. The zero-order valence-corrected chi connectivity index (χ0v) is 8.53. The lowest BCUT2D eigenvalue weighted by atomic mass is 10.2. The van der Waals surface area contributed by atoms with Gasteiger partial charge in [-0.1, -0.05) is 0 Å². The molecule has 15 heavy (non-hydrogen) atoms. The van der Waals surface area contributed by atoms with Crippen molar-refractivity contribution in [3.63, 3.8) is 0 Å². The van der Waals surface area contributed by atoms with Gasteiger partial charge in [-0.3, -0.25) is 4.79 Å². The van der Waals surface area contributed by atoms with Gasteiger partial charge < -0.3 is 14.5 Å². The molecule has 0 saturated carbocycles. The van der Waals surface area contributed by atoms with Crippen LogP contribution in [0.4, 0.5) is 0 Å². The van der Waals surface area contributed by atoms with Crippen molar-refractivity contribution in [1.82, 2.24) is 4.98 Å². The van der Waals surface area contributed by atoms with E-state index in [1.165, 1.54) is 0 Å². The van der Waals surface area contributed by atoms with Gasteiger partial charge >= 0.3 is 0 Å². The predicted octanol–water partition coefficient (Wildman–Crippen LogP) is 2.00. The van der Waals surface area contributed by atoms with Crippen LogP contribution in [0, 0.1) is 0 Å². The Morgan fingerprint density at radius 1 is 1.27 bits per heavy atom. The van der Waals surface area contributed by atoms with Gasteiger partial charge in [0.25, 0.3) is 0 Å². The number of nitrogens with one attached hydrogen (secondary N) is 1. The molecular formula is C11H11NO3. The Kier molecular flexibility index (Phi) is 2.33. The molecule has 2 aromatic rings. The summed E-state index contributed by atoms with van der Waals surface area (Å²) in [6.07, 6.45) is 0.770. The Labute approximate surface area is 86.8 Å². The molecule has 4 nitrogen and oxygen atoms in total. The third-order valence-corrected chi connectivity index (χ3v) is 2.29. The van der Waals surface area contributed by atoms with Crippen molar-refractivity contribution in [2.24, 2.45) is 0 Å². The molecule has 0 aliphatic rings. The zero-order valence-electron chi connectivity index (χ0n) is 8.53. The summed E-state index contributed by atoms with van der Waals surface area (Å²) in [4.78, 5) is 13.6. The van der Waals surface area contributed by atoms with Crippen LogP contribution in [-0.4, -0.2) is 25.5 Å². The molecular weight excluding hydrogens is 194 g/mol. The van der Waals surface area contributed by atoms with Crippen molar-refractivity contribution in [2.75, 3.05) is 14.2 Å². The number of benzene rings is 1. The van der Waals surface area contributed by atoms with Gasteiger partial charge in [-0.25, -0.2) is 0 Å². The largest absolute Gasteiger partial charge is 0.493 e. The first-order chi connectivity index (χ1) is 7.30. The van der Waals surface area contributed by atoms with Crippen molar-refractivity contribution in [3.05, 3.63) is 23.9 Å². The number of fused-ring (bicyclic) bond motifs is 1. The normalized spacial score (nSPS) is 10.3. The van der Waals surface area contributed by atoms with E-state index in [1.54, 1.807) is 20.3 Å². The van der Waals surface area contributed by atoms with Gasteiger partial charge in [-0.2, -0.15) is 0 Å². The van der Waals surface area contributed by atoms with Crippen LogP contribution in [0.5, 0.6) is 11.5 Å². The molecule has 2 rings (SSSR count). The topological polar surface area (TPSA) is 51.3 Å². The number of aldehydes is 1. The molecule has 78 valence electrons. The predicted molar refractivity (Wildman–Crippen MR) is 56.8 cm³/mol. The van der Waals surface area contributed by atoms with E-state index in [0.717, 1.165) is 17.2 Å². The Balaban J connectivity index is 2.74. The van der Waals surface area contributed by atoms with Gasteiger partial charge in [0, 0.05) is 5.39 Å². The van der Waals surface area contributed by atoms with E-state index in [1.807, 2.05) is 12.1 Å². The molecule has 0 unspecified atom stereocenters. The summed E-state index contributed by atoms with van der Waals surface area (Å²) in [5, 5.41) is 0.926. The van der Waals surface area contributed by atoms with Crippen molar-refractivity contribution < 1.29 is 14.3 Å². The van der Waals surface area contributed by atoms with Crippen LogP contribution >= 0.6 is 0 Å². The van der Waals surface area contributed by atoms with E-state index < -0.39 is 0 Å². The Hall–Kier alpha value is -1.97. The first-order valence-corrected chi connectivity index (χ1v) is 4.49. The second-order valence-corrected chi connectivity index (χ2v) is 3.11. The highest BCUT2D eigenvalue weighted by atomic mass is 16.5. The number of rotatable bonds is 3. The van der Waals surface area contributed by atoms with Gasteiger partial charge in [0.2, 0.25) is 0 Å². The first-order valence-electron chi connectivity index (χ1n) is 4.49. The Morgan fingerprint density at radius 3 is 2.67 bits per heavy atom. The number of ether oxygens (including phenoxy) is 2. The minimum atomic E-state index is 0.525. The molecule has 1 N–H and O–H groups in total. The molecule has 0 spiro atoms. The molecule has 0 bridgehead atoms. The van der Waals surface area contributed by atoms with E-state index >= 15 is 0 Å². The van der Waals surface area contributed by atoms with Crippen molar-refractivity contribution in [2.45, 2.75) is 0 Å². The lowest BCUT2D eigenvalue weighted by molar-refractivity contribution is 0.112. The first kappa shape index (κ1) is 9.58. The SMILES string of the molecule is COc1ccc2cc(C=O)[nH]c2c1OC. The number of hydrogen-bond donors (Lipinski definition) is 1. The number of carbonyl (C=O) groups excluding carboxylic acids is 1. The van der Waals surface area contributed by atoms with Gasteiger partial charge in [-0.15, -0.1) is 0 Å². The van der Waals surface area contributed by atoms with Crippen LogP contribution in [0.25, 0.3) is 10.9 Å². The molecule has 0 atom stereocenters. The van der Waals surface area contributed by atoms with Gasteiger partial charge in [0.05, 0.1) is 25.4 Å². The number of aromatic nitrogens is 1. The smallest absolute Gasteiger partial charge is 0.184 e. The van der Waals surface area contributed by atoms with Gasteiger partial charge in [-0.05, 0) is 18.2 Å². The number of carbonyl (C=O) groups is 1. The van der Waals surface area contributed by atoms with Crippen molar-refractivity contribution >= 4 is 17.2 Å². The molecule has 0 aliphatic heterocycles. The number of aromatic amines is 1. The molecule has 0 aliphatic carbocycles. The molecule has 0 saturated heterocycles. The summed E-state index contributed by atoms with van der Waals surface area (Å²) in [5.74, 6) is 1.26. The number of methoxy groups -OCH3 is 2. The number of hydrogen-bond acceptors (Lipinski definition) is 3. The lowest BCUT2D eigenvalue weighted by Gasteiger charge is -2.07. The zero-order chi connectivity index (χ0) is 10.8. The van der Waals surface area contributed by atoms with E-state index in [0.29, 0.717) is 17.2 Å². The highest BCUT2D eigenvalue weighted by Gasteiger charge is 2.10. The summed E-state index contributed by atoms with van der Waals surface area (Å²) in [5.41, 5.74) is 1.30. The average Bonchev–Trinajstić information content (AvgIpc) is 2.70. The van der Waals surface area contributed by atoms with E-state index in [2.05, 4.69) is 4.98 Å². The molecule has 1 aromatic heterocycles. The number of H-pyrrole nitrogens is 1. The monoisotopic (exact) mass is 205 g/mol. The summed E-state index contributed by atoms with van der Waals surface area (Å²) in [6, 6.07) is 5.45. The summed E-state index contributed by atoms with van der Waals surface area (Å²) in [7, 11) is 3.14. The molecule has 4 heteroatoms. The molecule has 1 heterocycles. The molecule has 0 amide bonds. The fourth-order valence-corrected chi connectivity index (χ4v) is 1.60. The maximum Gasteiger partial charge on any atom is 0.184 e. The van der Waals surface area contributed by atoms with Crippen LogP contribution in [0.3, 0.4) is 0 Å². The van der Waals surface area contributed by atoms with Crippen LogP contribution < -0.4 is 9.47 Å². The van der Waals surface area contributed by atoms with Gasteiger partial charge in [0.15, 0.2) is 17.8 Å². The second kappa shape index (κ2) is 3.65. The van der Waals surface area contributed by atoms with Crippen LogP contribution in [0.2, 0.25) is 0 Å². The third-order valence-electron chi connectivity index (χ3n) is 2.29. The minimum absolute atomic E-state index is 0.525. The summed E-state index contributed by atoms with van der Waals surface area (Å²) >= 11 is 0. The van der Waals surface area contributed by atoms with Crippen LogP contribution in [0.1, 0.15) is 10.5 Å². The standard InChI is InChI=1S/C11H11NO3/c1-14-9-4-3-7-5-8(6-13)12-10(7)11(9)15-2/h3-6,12H,1-2H3. The maximum atomic E-state index is 10.6. The lowest BCUT2D eigenvalue weighted by Crippen LogP contribution is -1.91. The molecule has 1 aromatic carbocycles. The fraction of sp³-hybridized carbons (Fsp3) is 0.182. The van der Waals surface area contributed by atoms with E-state index in [4.69, 9.17) is 9.47 Å². The molecule has 0 radical (unpaired) electrons. The maximum absolute atomic E-state index is 10.6. The highest BCUT2D eigenvalue weighted by molar-refractivity contribution is 5.93.